The smallest absolute Gasteiger partial charge is 0.303 e. The van der Waals surface area contributed by atoms with Crippen LogP contribution in [0.5, 0.6) is 0 Å². The van der Waals surface area contributed by atoms with E-state index in [0.717, 1.165) is 49.7 Å². The van der Waals surface area contributed by atoms with Gasteiger partial charge < -0.3 is 19.4 Å². The molecule has 1 unspecified atom stereocenters. The Morgan fingerprint density at radius 1 is 1.00 bits per heavy atom. The molecule has 10 atom stereocenters. The monoisotopic (exact) mass is 556 g/mol. The number of allylic oxidation sites excluding steroid dienone is 1. The standard InChI is InChI=1S/C34H52O6/c1-20(2)16-24(39-22(4)36)17-21(3)25-12-13-33(9)30-28(40-23(5)37)18-27-26(10-11-29(38)31(27,6)7)34(30,19-35)15-14-32(25,33)8/h16,18-19,21,24-26,28-30,38H,10-15,17H2,1-9H3/t21-,24+,25?,26-,28+,29+,30+,32-,33+,34-/m1/s1. The Hall–Kier alpha value is -1.95. The highest BCUT2D eigenvalue weighted by molar-refractivity contribution is 5.68. The van der Waals surface area contributed by atoms with Crippen molar-refractivity contribution in [1.82, 2.24) is 0 Å². The summed E-state index contributed by atoms with van der Waals surface area (Å²) in [6, 6.07) is 0. The molecule has 3 saturated carbocycles. The molecule has 224 valence electrons. The molecule has 4 aliphatic carbocycles. The molecule has 4 aliphatic rings. The number of carbonyl (C=O) groups is 3. The van der Waals surface area contributed by atoms with Gasteiger partial charge in [-0.2, -0.15) is 0 Å². The number of ether oxygens (including phenoxy) is 2. The second-order valence-corrected chi connectivity index (χ2v) is 14.9. The fraction of sp³-hybridized carbons (Fsp3) is 0.794. The maximum Gasteiger partial charge on any atom is 0.303 e. The second-order valence-electron chi connectivity index (χ2n) is 14.9. The van der Waals surface area contributed by atoms with Gasteiger partial charge in [0.25, 0.3) is 0 Å². The molecule has 6 heteroatoms. The van der Waals surface area contributed by atoms with Crippen LogP contribution in [0.2, 0.25) is 0 Å². The normalized spacial score (nSPS) is 41.2. The topological polar surface area (TPSA) is 89.9 Å². The van der Waals surface area contributed by atoms with Crippen molar-refractivity contribution in [3.8, 4) is 0 Å². The van der Waals surface area contributed by atoms with Crippen LogP contribution in [-0.2, 0) is 23.9 Å². The van der Waals surface area contributed by atoms with Crippen molar-refractivity contribution >= 4 is 18.2 Å². The van der Waals surface area contributed by atoms with E-state index in [9.17, 15) is 19.5 Å². The lowest BCUT2D eigenvalue weighted by Gasteiger charge is -2.66. The minimum Gasteiger partial charge on any atom is -0.458 e. The quantitative estimate of drug-likeness (QED) is 0.216. The van der Waals surface area contributed by atoms with E-state index in [1.165, 1.54) is 20.1 Å². The van der Waals surface area contributed by atoms with Crippen molar-refractivity contribution in [3.63, 3.8) is 0 Å². The molecule has 3 fully saturated rings. The fourth-order valence-electron chi connectivity index (χ4n) is 10.1. The summed E-state index contributed by atoms with van der Waals surface area (Å²) < 4.78 is 11.8. The van der Waals surface area contributed by atoms with Gasteiger partial charge in [0.15, 0.2) is 0 Å². The lowest BCUT2D eigenvalue weighted by molar-refractivity contribution is -0.194. The van der Waals surface area contributed by atoms with Crippen molar-refractivity contribution in [3.05, 3.63) is 23.3 Å². The summed E-state index contributed by atoms with van der Waals surface area (Å²) in [7, 11) is 0. The summed E-state index contributed by atoms with van der Waals surface area (Å²) in [5.41, 5.74) is 0.818. The number of aliphatic hydroxyl groups is 1. The number of fused-ring (bicyclic) bond motifs is 5. The molecule has 0 bridgehead atoms. The third-order valence-electron chi connectivity index (χ3n) is 12.1. The minimum atomic E-state index is -0.629. The second kappa shape index (κ2) is 10.7. The van der Waals surface area contributed by atoms with Crippen molar-refractivity contribution in [2.45, 2.75) is 126 Å². The van der Waals surface area contributed by atoms with E-state index in [2.05, 4.69) is 46.8 Å². The highest BCUT2D eigenvalue weighted by atomic mass is 16.5. The number of hydrogen-bond donors (Lipinski definition) is 1. The van der Waals surface area contributed by atoms with Crippen molar-refractivity contribution in [2.75, 3.05) is 0 Å². The number of esters is 2. The third kappa shape index (κ3) is 4.80. The lowest BCUT2D eigenvalue weighted by atomic mass is 9.38. The first-order valence-corrected chi connectivity index (χ1v) is 15.4. The summed E-state index contributed by atoms with van der Waals surface area (Å²) in [6.45, 7) is 18.1. The number of aldehydes is 1. The van der Waals surface area contributed by atoms with Crippen LogP contribution in [0.3, 0.4) is 0 Å². The van der Waals surface area contributed by atoms with Crippen LogP contribution in [-0.4, -0.2) is 41.6 Å². The molecule has 0 radical (unpaired) electrons. The summed E-state index contributed by atoms with van der Waals surface area (Å²) in [5.74, 6) is 0.0160. The Balaban J connectivity index is 1.76. The van der Waals surface area contributed by atoms with Crippen molar-refractivity contribution in [2.24, 2.45) is 45.3 Å². The highest BCUT2D eigenvalue weighted by Gasteiger charge is 2.71. The number of hydrogen-bond acceptors (Lipinski definition) is 6. The first-order chi connectivity index (χ1) is 18.5. The Morgan fingerprint density at radius 3 is 2.25 bits per heavy atom. The van der Waals surface area contributed by atoms with Gasteiger partial charge >= 0.3 is 11.9 Å². The number of carbonyl (C=O) groups excluding carboxylic acids is 3. The summed E-state index contributed by atoms with van der Waals surface area (Å²) >= 11 is 0. The fourth-order valence-corrected chi connectivity index (χ4v) is 10.1. The van der Waals surface area contributed by atoms with E-state index >= 15 is 0 Å². The predicted octanol–water partition coefficient (Wildman–Crippen LogP) is 6.60. The van der Waals surface area contributed by atoms with Gasteiger partial charge in [-0.05, 0) is 99.5 Å². The van der Waals surface area contributed by atoms with Crippen molar-refractivity contribution in [1.29, 1.82) is 0 Å². The molecular formula is C34H52O6. The van der Waals surface area contributed by atoms with Gasteiger partial charge in [0.05, 0.1) is 6.10 Å². The van der Waals surface area contributed by atoms with Gasteiger partial charge in [-0.25, -0.2) is 0 Å². The van der Waals surface area contributed by atoms with Crippen LogP contribution < -0.4 is 0 Å². The molecule has 0 heterocycles. The van der Waals surface area contributed by atoms with Crippen LogP contribution in [0, 0.1) is 45.3 Å². The van der Waals surface area contributed by atoms with E-state index in [1.807, 2.05) is 13.8 Å². The van der Waals surface area contributed by atoms with Crippen LogP contribution >= 0.6 is 0 Å². The molecule has 0 aromatic heterocycles. The zero-order valence-electron chi connectivity index (χ0n) is 26.2. The lowest BCUT2D eigenvalue weighted by Crippen LogP contribution is -2.64. The Bertz CT molecular complexity index is 1080. The van der Waals surface area contributed by atoms with Gasteiger partial charge in [-0.3, -0.25) is 9.59 Å². The van der Waals surface area contributed by atoms with Gasteiger partial charge in [0.2, 0.25) is 0 Å². The molecule has 1 N–H and O–H groups in total. The van der Waals surface area contributed by atoms with E-state index in [0.29, 0.717) is 18.3 Å². The zero-order valence-corrected chi connectivity index (χ0v) is 26.2. The Kier molecular flexibility index (Phi) is 8.30. The van der Waals surface area contributed by atoms with E-state index < -0.39 is 23.0 Å². The SMILES string of the molecule is CC(=O)O[C@H]1C=C2[C@@H](CC[C@H](O)C2(C)C)[C@]2(C=O)CC[C@]3(C)C([C@H](C)C[C@H](C=C(C)C)OC(C)=O)CC[C@@]3(C)[C@H]12. The Morgan fingerprint density at radius 2 is 1.68 bits per heavy atom. The van der Waals surface area contributed by atoms with Crippen LogP contribution in [0.25, 0.3) is 0 Å². The molecule has 0 saturated heterocycles. The minimum absolute atomic E-state index is 0.0454. The maximum absolute atomic E-state index is 13.4. The molecular weight excluding hydrogens is 504 g/mol. The van der Waals surface area contributed by atoms with Crippen LogP contribution in [0.15, 0.2) is 23.3 Å². The van der Waals surface area contributed by atoms with Crippen LogP contribution in [0.1, 0.15) is 107 Å². The molecule has 0 aromatic carbocycles. The highest BCUT2D eigenvalue weighted by Crippen LogP contribution is 2.74. The zero-order chi connectivity index (χ0) is 29.8. The van der Waals surface area contributed by atoms with Gasteiger partial charge in [-0.1, -0.05) is 45.8 Å². The largest absolute Gasteiger partial charge is 0.458 e. The van der Waals surface area contributed by atoms with Gasteiger partial charge in [0, 0.05) is 30.6 Å². The number of aliphatic hydroxyl groups excluding tert-OH is 1. The average Bonchev–Trinajstić information content (AvgIpc) is 3.11. The number of rotatable bonds is 7. The van der Waals surface area contributed by atoms with Crippen LogP contribution in [0.4, 0.5) is 0 Å². The average molecular weight is 557 g/mol. The predicted molar refractivity (Wildman–Crippen MR) is 155 cm³/mol. The molecule has 0 amide bonds. The van der Waals surface area contributed by atoms with Gasteiger partial charge in [0.1, 0.15) is 18.5 Å². The summed E-state index contributed by atoms with van der Waals surface area (Å²) in [4.78, 5) is 37.8. The first kappa shape index (κ1) is 31.0. The molecule has 0 aromatic rings. The summed E-state index contributed by atoms with van der Waals surface area (Å²) in [5, 5.41) is 10.9. The van der Waals surface area contributed by atoms with E-state index in [4.69, 9.17) is 9.47 Å². The molecule has 0 spiro atoms. The summed E-state index contributed by atoms with van der Waals surface area (Å²) in [6.07, 6.45) is 10.0. The third-order valence-corrected chi connectivity index (χ3v) is 12.1. The molecule has 6 nitrogen and oxygen atoms in total. The van der Waals surface area contributed by atoms with Crippen molar-refractivity contribution < 1.29 is 29.0 Å². The maximum atomic E-state index is 13.4. The molecule has 40 heavy (non-hydrogen) atoms. The first-order valence-electron chi connectivity index (χ1n) is 15.4. The van der Waals surface area contributed by atoms with Gasteiger partial charge in [-0.15, -0.1) is 0 Å². The molecule has 4 rings (SSSR count). The van der Waals surface area contributed by atoms with E-state index in [-0.39, 0.29) is 40.7 Å². The Labute approximate surface area is 241 Å². The molecule has 0 aliphatic heterocycles. The van der Waals surface area contributed by atoms with E-state index in [1.54, 1.807) is 0 Å².